The van der Waals surface area contributed by atoms with Crippen molar-refractivity contribution in [3.8, 4) is 17.3 Å². The Kier molecular flexibility index (Phi) is 3.10. The number of nitriles is 1. The number of nitrogens with zero attached hydrogens (tertiary/aromatic N) is 2. The van der Waals surface area contributed by atoms with Crippen molar-refractivity contribution >= 4 is 17.0 Å². The highest BCUT2D eigenvalue weighted by Gasteiger charge is 2.13. The van der Waals surface area contributed by atoms with E-state index >= 15 is 0 Å². The van der Waals surface area contributed by atoms with Gasteiger partial charge in [-0.15, -0.1) is 0 Å². The fraction of sp³-hybridized carbons (Fsp3) is 0.0556. The summed E-state index contributed by atoms with van der Waals surface area (Å²) < 4.78 is 2.18. The molecule has 0 bridgehead atoms. The molecule has 0 atom stereocenters. The Labute approximate surface area is 118 Å². The van der Waals surface area contributed by atoms with Gasteiger partial charge in [0.1, 0.15) is 0 Å². The van der Waals surface area contributed by atoms with Crippen LogP contribution in [0.3, 0.4) is 0 Å². The molecule has 0 aliphatic rings. The molecule has 1 aromatic heterocycles. The predicted octanol–water partition coefficient (Wildman–Crippen LogP) is 4.38. The van der Waals surface area contributed by atoms with E-state index in [4.69, 9.17) is 5.26 Å². The van der Waals surface area contributed by atoms with Gasteiger partial charge < -0.3 is 4.57 Å². The number of aromatic nitrogens is 1. The van der Waals surface area contributed by atoms with Crippen LogP contribution < -0.4 is 0 Å². The fourth-order valence-electron chi connectivity index (χ4n) is 2.66. The van der Waals surface area contributed by atoms with Crippen molar-refractivity contribution in [3.05, 3.63) is 66.2 Å². The van der Waals surface area contributed by atoms with E-state index in [-0.39, 0.29) is 0 Å². The van der Waals surface area contributed by atoms with Gasteiger partial charge >= 0.3 is 0 Å². The minimum absolute atomic E-state index is 1.09. The minimum atomic E-state index is 1.09. The first kappa shape index (κ1) is 12.3. The van der Waals surface area contributed by atoms with Crippen LogP contribution in [0, 0.1) is 11.3 Å². The van der Waals surface area contributed by atoms with Gasteiger partial charge in [0.2, 0.25) is 0 Å². The van der Waals surface area contributed by atoms with Crippen molar-refractivity contribution in [2.24, 2.45) is 7.05 Å². The lowest BCUT2D eigenvalue weighted by Gasteiger charge is -2.05. The van der Waals surface area contributed by atoms with Crippen LogP contribution >= 0.6 is 0 Å². The fourth-order valence-corrected chi connectivity index (χ4v) is 2.66. The predicted molar refractivity (Wildman–Crippen MR) is 83.0 cm³/mol. The Morgan fingerprint density at radius 1 is 1.00 bits per heavy atom. The van der Waals surface area contributed by atoms with Crippen LogP contribution in [0.5, 0.6) is 0 Å². The van der Waals surface area contributed by atoms with E-state index in [1.165, 1.54) is 17.0 Å². The molecule has 2 heteroatoms. The lowest BCUT2D eigenvalue weighted by atomic mass is 10.0. The summed E-state index contributed by atoms with van der Waals surface area (Å²) in [7, 11) is 2.06. The number of rotatable bonds is 2. The average Bonchev–Trinajstić information content (AvgIpc) is 2.79. The third-order valence-electron chi connectivity index (χ3n) is 3.52. The van der Waals surface area contributed by atoms with Gasteiger partial charge in [-0.05, 0) is 17.7 Å². The second-order valence-corrected chi connectivity index (χ2v) is 4.67. The first-order chi connectivity index (χ1) is 9.83. The molecule has 0 saturated heterocycles. The molecule has 0 amide bonds. The Bertz CT molecular complexity index is 818. The van der Waals surface area contributed by atoms with Gasteiger partial charge in [-0.2, -0.15) is 5.26 Å². The lowest BCUT2D eigenvalue weighted by Crippen LogP contribution is -1.92. The van der Waals surface area contributed by atoms with Crippen LogP contribution in [0.15, 0.2) is 60.7 Å². The highest BCUT2D eigenvalue weighted by molar-refractivity contribution is 5.97. The van der Waals surface area contributed by atoms with Gasteiger partial charge in [0.25, 0.3) is 0 Å². The van der Waals surface area contributed by atoms with Gasteiger partial charge in [0.05, 0.1) is 11.8 Å². The van der Waals surface area contributed by atoms with Crippen LogP contribution in [0.4, 0.5) is 0 Å². The van der Waals surface area contributed by atoms with E-state index < -0.39 is 0 Å². The standard InChI is InChI=1S/C18H14N2/c1-20-17-12-6-5-10-15(17)16(11-7-13-19)18(20)14-8-3-2-4-9-14/h2-12H,1H3/b11-7+. The van der Waals surface area contributed by atoms with Crippen molar-refractivity contribution in [1.29, 1.82) is 5.26 Å². The third-order valence-corrected chi connectivity index (χ3v) is 3.52. The van der Waals surface area contributed by atoms with Crippen LogP contribution in [0.1, 0.15) is 5.56 Å². The average molecular weight is 258 g/mol. The molecule has 0 unspecified atom stereocenters. The molecule has 20 heavy (non-hydrogen) atoms. The number of allylic oxidation sites excluding steroid dienone is 1. The zero-order chi connectivity index (χ0) is 13.9. The van der Waals surface area contributed by atoms with Crippen LogP contribution in [0.2, 0.25) is 0 Å². The summed E-state index contributed by atoms with van der Waals surface area (Å²) in [6, 6.07) is 20.6. The monoisotopic (exact) mass is 258 g/mol. The molecule has 3 rings (SSSR count). The van der Waals surface area contributed by atoms with Crippen molar-refractivity contribution in [3.63, 3.8) is 0 Å². The topological polar surface area (TPSA) is 28.7 Å². The number of aryl methyl sites for hydroxylation is 1. The normalized spacial score (nSPS) is 11.0. The van der Waals surface area contributed by atoms with Crippen molar-refractivity contribution in [1.82, 2.24) is 4.57 Å². The highest BCUT2D eigenvalue weighted by Crippen LogP contribution is 2.33. The maximum absolute atomic E-state index is 8.82. The summed E-state index contributed by atoms with van der Waals surface area (Å²) in [6.45, 7) is 0. The Balaban J connectivity index is 2.38. The lowest BCUT2D eigenvalue weighted by molar-refractivity contribution is 0.977. The third kappa shape index (κ3) is 1.90. The molecule has 0 radical (unpaired) electrons. The number of para-hydroxylation sites is 1. The first-order valence-electron chi connectivity index (χ1n) is 6.52. The second-order valence-electron chi connectivity index (χ2n) is 4.67. The molecular formula is C18H14N2. The molecule has 0 aliphatic carbocycles. The molecule has 1 heterocycles. The van der Waals surface area contributed by atoms with Gasteiger partial charge in [-0.1, -0.05) is 48.5 Å². The van der Waals surface area contributed by atoms with Gasteiger partial charge in [-0.25, -0.2) is 0 Å². The zero-order valence-electron chi connectivity index (χ0n) is 11.2. The first-order valence-corrected chi connectivity index (χ1v) is 6.52. The maximum Gasteiger partial charge on any atom is 0.0912 e. The van der Waals surface area contributed by atoms with Crippen LogP contribution in [-0.4, -0.2) is 4.57 Å². The number of benzene rings is 2. The quantitative estimate of drug-likeness (QED) is 0.627. The van der Waals surface area contributed by atoms with Crippen molar-refractivity contribution in [2.45, 2.75) is 0 Å². The van der Waals surface area contributed by atoms with E-state index in [0.717, 1.165) is 16.8 Å². The Hall–Kier alpha value is -2.79. The summed E-state index contributed by atoms with van der Waals surface area (Å²) >= 11 is 0. The number of hydrogen-bond acceptors (Lipinski definition) is 1. The molecule has 2 nitrogen and oxygen atoms in total. The molecule has 96 valence electrons. The second kappa shape index (κ2) is 5.07. The van der Waals surface area contributed by atoms with Gasteiger partial charge in [0, 0.05) is 29.6 Å². The summed E-state index contributed by atoms with van der Waals surface area (Å²) in [6.07, 6.45) is 3.43. The highest BCUT2D eigenvalue weighted by atomic mass is 14.9. The van der Waals surface area contributed by atoms with E-state index in [0.29, 0.717) is 0 Å². The smallest absolute Gasteiger partial charge is 0.0912 e. The summed E-state index contributed by atoms with van der Waals surface area (Å²) in [5, 5.41) is 9.99. The van der Waals surface area contributed by atoms with Crippen molar-refractivity contribution < 1.29 is 0 Å². The van der Waals surface area contributed by atoms with Gasteiger partial charge in [-0.3, -0.25) is 0 Å². The van der Waals surface area contributed by atoms with Crippen LogP contribution in [-0.2, 0) is 7.05 Å². The Morgan fingerprint density at radius 2 is 1.70 bits per heavy atom. The molecular weight excluding hydrogens is 244 g/mol. The zero-order valence-corrected chi connectivity index (χ0v) is 11.2. The Morgan fingerprint density at radius 3 is 2.45 bits per heavy atom. The molecule has 0 saturated carbocycles. The number of fused-ring (bicyclic) bond motifs is 1. The largest absolute Gasteiger partial charge is 0.343 e. The van der Waals surface area contributed by atoms with Crippen molar-refractivity contribution in [2.75, 3.05) is 0 Å². The van der Waals surface area contributed by atoms with E-state index in [2.05, 4.69) is 41.9 Å². The molecule has 3 aromatic rings. The molecule has 0 spiro atoms. The number of hydrogen-bond donors (Lipinski definition) is 0. The summed E-state index contributed by atoms with van der Waals surface area (Å²) in [4.78, 5) is 0. The molecule has 0 aliphatic heterocycles. The summed E-state index contributed by atoms with van der Waals surface area (Å²) in [5.41, 5.74) is 4.56. The van der Waals surface area contributed by atoms with Crippen LogP contribution in [0.25, 0.3) is 28.2 Å². The minimum Gasteiger partial charge on any atom is -0.343 e. The SMILES string of the molecule is Cn1c(-c2ccccc2)c(/C=C/C#N)c2ccccc21. The summed E-state index contributed by atoms with van der Waals surface area (Å²) in [5.74, 6) is 0. The van der Waals surface area contributed by atoms with E-state index in [1.54, 1.807) is 0 Å². The van der Waals surface area contributed by atoms with E-state index in [1.807, 2.05) is 36.4 Å². The van der Waals surface area contributed by atoms with E-state index in [9.17, 15) is 0 Å². The molecule has 0 N–H and O–H groups in total. The molecule has 0 fully saturated rings. The van der Waals surface area contributed by atoms with Gasteiger partial charge in [0.15, 0.2) is 0 Å². The maximum atomic E-state index is 8.82. The molecule has 2 aromatic carbocycles.